The highest BCUT2D eigenvalue weighted by atomic mass is 16.1. The van der Waals surface area contributed by atoms with Gasteiger partial charge in [-0.3, -0.25) is 14.9 Å². The molecule has 0 saturated carbocycles. The minimum Gasteiger partial charge on any atom is -0.285 e. The first kappa shape index (κ1) is 9.65. The first-order valence-corrected chi connectivity index (χ1v) is 5.09. The number of fused-ring (bicyclic) bond motifs is 1. The van der Waals surface area contributed by atoms with Gasteiger partial charge >= 0.3 is 0 Å². The molecule has 0 radical (unpaired) electrons. The van der Waals surface area contributed by atoms with Crippen molar-refractivity contribution >= 4 is 16.6 Å². The second-order valence-electron chi connectivity index (χ2n) is 3.57. The molecule has 0 fully saturated rings. The molecule has 1 aromatic carbocycles. The smallest absolute Gasteiger partial charge is 0.231 e. The third kappa shape index (κ3) is 1.57. The zero-order valence-corrected chi connectivity index (χ0v) is 8.79. The van der Waals surface area contributed by atoms with E-state index >= 15 is 0 Å². The lowest BCUT2D eigenvalue weighted by atomic mass is 10.0. The molecule has 5 heteroatoms. The van der Waals surface area contributed by atoms with E-state index in [-0.39, 0.29) is 11.6 Å². The van der Waals surface area contributed by atoms with Crippen molar-refractivity contribution in [2.24, 2.45) is 0 Å². The Labute approximate surface area is 96.5 Å². The summed E-state index contributed by atoms with van der Waals surface area (Å²) in [5, 5.41) is 8.03. The van der Waals surface area contributed by atoms with Crippen LogP contribution in [0.15, 0.2) is 43.0 Å². The first-order chi connectivity index (χ1) is 8.36. The van der Waals surface area contributed by atoms with E-state index in [2.05, 4.69) is 20.2 Å². The molecule has 0 spiro atoms. The standard InChI is InChI=1S/C12H8N4O/c17-11(12-14-7-15-16-12)10-6-13-5-8-3-1-2-4-9(8)10/h1-7H,(H,14,15,16). The van der Waals surface area contributed by atoms with Crippen LogP contribution in [0.3, 0.4) is 0 Å². The Morgan fingerprint density at radius 1 is 1.18 bits per heavy atom. The average Bonchev–Trinajstić information content (AvgIpc) is 2.91. The van der Waals surface area contributed by atoms with Crippen molar-refractivity contribution in [1.82, 2.24) is 20.2 Å². The molecule has 0 aliphatic heterocycles. The zero-order valence-electron chi connectivity index (χ0n) is 8.79. The van der Waals surface area contributed by atoms with Crippen LogP contribution in [0.5, 0.6) is 0 Å². The van der Waals surface area contributed by atoms with Crippen LogP contribution >= 0.6 is 0 Å². The maximum absolute atomic E-state index is 12.1. The minimum absolute atomic E-state index is 0.202. The van der Waals surface area contributed by atoms with Gasteiger partial charge < -0.3 is 0 Å². The van der Waals surface area contributed by atoms with Crippen LogP contribution in [0.4, 0.5) is 0 Å². The van der Waals surface area contributed by atoms with Crippen molar-refractivity contribution in [1.29, 1.82) is 0 Å². The van der Waals surface area contributed by atoms with E-state index in [9.17, 15) is 4.79 Å². The lowest BCUT2D eigenvalue weighted by Crippen LogP contribution is -2.05. The van der Waals surface area contributed by atoms with E-state index in [1.54, 1.807) is 12.4 Å². The van der Waals surface area contributed by atoms with Gasteiger partial charge in [0.2, 0.25) is 5.78 Å². The van der Waals surface area contributed by atoms with Crippen molar-refractivity contribution in [3.8, 4) is 0 Å². The molecule has 1 N–H and O–H groups in total. The fourth-order valence-corrected chi connectivity index (χ4v) is 1.74. The van der Waals surface area contributed by atoms with Crippen molar-refractivity contribution in [3.63, 3.8) is 0 Å². The normalized spacial score (nSPS) is 10.6. The van der Waals surface area contributed by atoms with E-state index in [0.717, 1.165) is 10.8 Å². The number of hydrogen-bond donors (Lipinski definition) is 1. The summed E-state index contributed by atoms with van der Waals surface area (Å²) in [6.45, 7) is 0. The van der Waals surface area contributed by atoms with Gasteiger partial charge in [0.05, 0.1) is 5.56 Å². The third-order valence-corrected chi connectivity index (χ3v) is 2.54. The Bertz CT molecular complexity index is 671. The number of nitrogens with zero attached hydrogens (tertiary/aromatic N) is 3. The number of pyridine rings is 1. The van der Waals surface area contributed by atoms with E-state index in [1.165, 1.54) is 6.33 Å². The summed E-state index contributed by atoms with van der Waals surface area (Å²) in [5.41, 5.74) is 0.528. The Balaban J connectivity index is 2.21. The average molecular weight is 224 g/mol. The van der Waals surface area contributed by atoms with Crippen LogP contribution in [0.1, 0.15) is 16.2 Å². The van der Waals surface area contributed by atoms with E-state index in [4.69, 9.17) is 0 Å². The van der Waals surface area contributed by atoms with Gasteiger partial charge in [-0.25, -0.2) is 4.98 Å². The number of ketones is 1. The van der Waals surface area contributed by atoms with Gasteiger partial charge in [-0.05, 0) is 5.39 Å². The van der Waals surface area contributed by atoms with E-state index < -0.39 is 0 Å². The molecule has 3 aromatic rings. The van der Waals surface area contributed by atoms with Crippen LogP contribution in [-0.2, 0) is 0 Å². The van der Waals surface area contributed by atoms with Crippen LogP contribution in [-0.4, -0.2) is 25.9 Å². The number of rotatable bonds is 2. The Kier molecular flexibility index (Phi) is 2.15. The van der Waals surface area contributed by atoms with Crippen LogP contribution in [0.25, 0.3) is 10.8 Å². The molecule has 0 aliphatic carbocycles. The topological polar surface area (TPSA) is 71.5 Å². The quantitative estimate of drug-likeness (QED) is 0.671. The summed E-state index contributed by atoms with van der Waals surface area (Å²) in [7, 11) is 0. The van der Waals surface area contributed by atoms with Gasteiger partial charge in [0, 0.05) is 17.8 Å². The molecular formula is C12H8N4O. The van der Waals surface area contributed by atoms with Gasteiger partial charge in [-0.1, -0.05) is 24.3 Å². The molecule has 2 heterocycles. The number of benzene rings is 1. The van der Waals surface area contributed by atoms with Crippen LogP contribution in [0, 0.1) is 0 Å². The number of H-pyrrole nitrogens is 1. The van der Waals surface area contributed by atoms with Gasteiger partial charge in [0.15, 0.2) is 5.82 Å². The number of carbonyl (C=O) groups is 1. The van der Waals surface area contributed by atoms with Crippen LogP contribution < -0.4 is 0 Å². The molecule has 3 rings (SSSR count). The molecule has 0 aliphatic rings. The Morgan fingerprint density at radius 3 is 2.88 bits per heavy atom. The second-order valence-corrected chi connectivity index (χ2v) is 3.57. The number of aromatic amines is 1. The number of hydrogen-bond acceptors (Lipinski definition) is 4. The highest BCUT2D eigenvalue weighted by Crippen LogP contribution is 2.18. The SMILES string of the molecule is O=C(c1ncn[nH]1)c1cncc2ccccc12. The van der Waals surface area contributed by atoms with Gasteiger partial charge in [0.25, 0.3) is 0 Å². The molecule has 17 heavy (non-hydrogen) atoms. The summed E-state index contributed by atoms with van der Waals surface area (Å²) < 4.78 is 0. The first-order valence-electron chi connectivity index (χ1n) is 5.09. The molecule has 0 amide bonds. The predicted molar refractivity (Wildman–Crippen MR) is 61.6 cm³/mol. The van der Waals surface area contributed by atoms with Gasteiger partial charge in [0.1, 0.15) is 6.33 Å². The fraction of sp³-hybridized carbons (Fsp3) is 0. The van der Waals surface area contributed by atoms with E-state index in [1.807, 2.05) is 24.3 Å². The van der Waals surface area contributed by atoms with Crippen molar-refractivity contribution in [3.05, 3.63) is 54.4 Å². The summed E-state index contributed by atoms with van der Waals surface area (Å²) in [4.78, 5) is 20.1. The van der Waals surface area contributed by atoms with Crippen molar-refractivity contribution < 1.29 is 4.79 Å². The predicted octanol–water partition coefficient (Wildman–Crippen LogP) is 1.58. The Morgan fingerprint density at radius 2 is 2.06 bits per heavy atom. The summed E-state index contributed by atoms with van der Waals surface area (Å²) in [6.07, 6.45) is 4.59. The highest BCUT2D eigenvalue weighted by molar-refractivity contribution is 6.14. The second kappa shape index (κ2) is 3.79. The third-order valence-electron chi connectivity index (χ3n) is 2.54. The lowest BCUT2D eigenvalue weighted by Gasteiger charge is -2.02. The molecular weight excluding hydrogens is 216 g/mol. The summed E-state index contributed by atoms with van der Waals surface area (Å²) in [5.74, 6) is 0.0231. The van der Waals surface area contributed by atoms with Gasteiger partial charge in [-0.15, -0.1) is 0 Å². The number of nitrogens with one attached hydrogen (secondary N) is 1. The number of carbonyl (C=O) groups excluding carboxylic acids is 1. The number of aromatic nitrogens is 4. The van der Waals surface area contributed by atoms with Crippen molar-refractivity contribution in [2.75, 3.05) is 0 Å². The fourth-order valence-electron chi connectivity index (χ4n) is 1.74. The monoisotopic (exact) mass is 224 g/mol. The molecule has 0 atom stereocenters. The van der Waals surface area contributed by atoms with Gasteiger partial charge in [-0.2, -0.15) is 5.10 Å². The maximum Gasteiger partial charge on any atom is 0.231 e. The highest BCUT2D eigenvalue weighted by Gasteiger charge is 2.14. The van der Waals surface area contributed by atoms with Crippen molar-refractivity contribution in [2.45, 2.75) is 0 Å². The summed E-state index contributed by atoms with van der Waals surface area (Å²) in [6, 6.07) is 7.60. The largest absolute Gasteiger partial charge is 0.285 e. The molecule has 2 aromatic heterocycles. The molecule has 82 valence electrons. The molecule has 0 bridgehead atoms. The Hall–Kier alpha value is -2.56. The van der Waals surface area contributed by atoms with Crippen LogP contribution in [0.2, 0.25) is 0 Å². The maximum atomic E-state index is 12.1. The minimum atomic E-state index is -0.202. The molecule has 0 unspecified atom stereocenters. The summed E-state index contributed by atoms with van der Waals surface area (Å²) >= 11 is 0. The van der Waals surface area contributed by atoms with E-state index in [0.29, 0.717) is 5.56 Å². The lowest BCUT2D eigenvalue weighted by molar-refractivity contribution is 0.103. The zero-order chi connectivity index (χ0) is 11.7. The molecule has 0 saturated heterocycles. The molecule has 5 nitrogen and oxygen atoms in total.